The first-order chi connectivity index (χ1) is 9.24. The molecule has 0 aliphatic rings. The zero-order valence-corrected chi connectivity index (χ0v) is 10.5. The second-order valence-electron chi connectivity index (χ2n) is 4.37. The van der Waals surface area contributed by atoms with E-state index in [2.05, 4.69) is 11.1 Å². The Hall–Kier alpha value is -2.55. The lowest BCUT2D eigenvalue weighted by molar-refractivity contribution is -0.131. The van der Waals surface area contributed by atoms with E-state index in [1.807, 2.05) is 42.6 Å². The van der Waals surface area contributed by atoms with Crippen LogP contribution >= 0.6 is 0 Å². The van der Waals surface area contributed by atoms with E-state index < -0.39 is 0 Å². The molecule has 0 radical (unpaired) electrons. The Morgan fingerprint density at radius 3 is 2.79 bits per heavy atom. The van der Waals surface area contributed by atoms with Crippen molar-refractivity contribution in [3.63, 3.8) is 0 Å². The van der Waals surface area contributed by atoms with Crippen LogP contribution in [0.3, 0.4) is 0 Å². The van der Waals surface area contributed by atoms with E-state index in [0.29, 0.717) is 5.75 Å². The summed E-state index contributed by atoms with van der Waals surface area (Å²) in [5.74, 6) is 0.256. The molecule has 0 saturated carbocycles. The van der Waals surface area contributed by atoms with Crippen molar-refractivity contribution < 1.29 is 9.53 Å². The first kappa shape index (κ1) is 11.5. The highest BCUT2D eigenvalue weighted by molar-refractivity contribution is 5.95. The SMILES string of the molecule is CC(=O)Oc1cccc(-c2c[nH]c3ccccc23)c1. The molecule has 94 valence electrons. The molecule has 3 nitrogen and oxygen atoms in total. The lowest BCUT2D eigenvalue weighted by Gasteiger charge is -2.04. The first-order valence-corrected chi connectivity index (χ1v) is 6.09. The Balaban J connectivity index is 2.09. The van der Waals surface area contributed by atoms with Gasteiger partial charge in [-0.2, -0.15) is 0 Å². The Morgan fingerprint density at radius 2 is 1.95 bits per heavy atom. The highest BCUT2D eigenvalue weighted by Gasteiger charge is 2.07. The number of nitrogens with one attached hydrogen (secondary N) is 1. The number of esters is 1. The number of carbonyl (C=O) groups excluding carboxylic acids is 1. The Kier molecular flexibility index (Phi) is 2.80. The summed E-state index contributed by atoms with van der Waals surface area (Å²) in [5.41, 5.74) is 3.22. The minimum absolute atomic E-state index is 0.309. The van der Waals surface area contributed by atoms with Gasteiger partial charge in [0, 0.05) is 29.6 Å². The molecule has 3 heteroatoms. The molecule has 1 N–H and O–H groups in total. The van der Waals surface area contributed by atoms with Gasteiger partial charge >= 0.3 is 5.97 Å². The molecule has 0 spiro atoms. The molecule has 0 bridgehead atoms. The molecule has 19 heavy (non-hydrogen) atoms. The van der Waals surface area contributed by atoms with Crippen molar-refractivity contribution in [2.45, 2.75) is 6.92 Å². The second kappa shape index (κ2) is 4.61. The normalized spacial score (nSPS) is 10.6. The Morgan fingerprint density at radius 1 is 1.11 bits per heavy atom. The summed E-state index contributed by atoms with van der Waals surface area (Å²) in [6.07, 6.45) is 1.97. The monoisotopic (exact) mass is 251 g/mol. The van der Waals surface area contributed by atoms with E-state index in [1.165, 1.54) is 6.92 Å². The van der Waals surface area contributed by atoms with E-state index in [0.717, 1.165) is 22.0 Å². The first-order valence-electron chi connectivity index (χ1n) is 6.09. The average molecular weight is 251 g/mol. The number of fused-ring (bicyclic) bond motifs is 1. The summed E-state index contributed by atoms with van der Waals surface area (Å²) in [6, 6.07) is 15.6. The highest BCUT2D eigenvalue weighted by Crippen LogP contribution is 2.30. The summed E-state index contributed by atoms with van der Waals surface area (Å²) >= 11 is 0. The molecule has 0 aliphatic carbocycles. The van der Waals surface area contributed by atoms with E-state index >= 15 is 0 Å². The number of carbonyl (C=O) groups is 1. The number of benzene rings is 2. The third-order valence-corrected chi connectivity index (χ3v) is 3.00. The van der Waals surface area contributed by atoms with Crippen molar-refractivity contribution in [2.75, 3.05) is 0 Å². The molecule has 0 fully saturated rings. The minimum atomic E-state index is -0.309. The van der Waals surface area contributed by atoms with Gasteiger partial charge in [-0.1, -0.05) is 30.3 Å². The molecule has 3 rings (SSSR count). The lowest BCUT2D eigenvalue weighted by atomic mass is 10.0. The van der Waals surface area contributed by atoms with Crippen LogP contribution in [0.4, 0.5) is 0 Å². The Bertz CT molecular complexity index is 743. The molecule has 3 aromatic rings. The van der Waals surface area contributed by atoms with Gasteiger partial charge in [0.15, 0.2) is 0 Å². The van der Waals surface area contributed by atoms with Crippen molar-refractivity contribution in [2.24, 2.45) is 0 Å². The van der Waals surface area contributed by atoms with Gasteiger partial charge in [0.1, 0.15) is 5.75 Å². The van der Waals surface area contributed by atoms with Crippen LogP contribution in [0.5, 0.6) is 5.75 Å². The number of rotatable bonds is 2. The van der Waals surface area contributed by atoms with Gasteiger partial charge in [0.2, 0.25) is 0 Å². The summed E-state index contributed by atoms with van der Waals surface area (Å²) in [6.45, 7) is 1.40. The van der Waals surface area contributed by atoms with E-state index in [9.17, 15) is 4.79 Å². The number of hydrogen-bond acceptors (Lipinski definition) is 2. The second-order valence-corrected chi connectivity index (χ2v) is 4.37. The van der Waals surface area contributed by atoms with Crippen molar-refractivity contribution >= 4 is 16.9 Å². The third kappa shape index (κ3) is 2.22. The van der Waals surface area contributed by atoms with Crippen molar-refractivity contribution in [3.8, 4) is 16.9 Å². The highest BCUT2D eigenvalue weighted by atomic mass is 16.5. The summed E-state index contributed by atoms with van der Waals surface area (Å²) in [7, 11) is 0. The lowest BCUT2D eigenvalue weighted by Crippen LogP contribution is -2.00. The molecule has 0 atom stereocenters. The maximum Gasteiger partial charge on any atom is 0.308 e. The van der Waals surface area contributed by atoms with Crippen LogP contribution in [-0.2, 0) is 4.79 Å². The molecule has 0 amide bonds. The summed E-state index contributed by atoms with van der Waals surface area (Å²) in [4.78, 5) is 14.2. The molecule has 0 unspecified atom stereocenters. The molecule has 1 aromatic heterocycles. The largest absolute Gasteiger partial charge is 0.427 e. The Labute approximate surface area is 110 Å². The van der Waals surface area contributed by atoms with Gasteiger partial charge in [0.25, 0.3) is 0 Å². The van der Waals surface area contributed by atoms with Gasteiger partial charge in [-0.3, -0.25) is 4.79 Å². The van der Waals surface area contributed by atoms with Crippen LogP contribution in [0.1, 0.15) is 6.92 Å². The zero-order chi connectivity index (χ0) is 13.2. The van der Waals surface area contributed by atoms with Crippen LogP contribution < -0.4 is 4.74 Å². The van der Waals surface area contributed by atoms with E-state index in [-0.39, 0.29) is 5.97 Å². The van der Waals surface area contributed by atoms with Gasteiger partial charge in [-0.15, -0.1) is 0 Å². The number of hydrogen-bond donors (Lipinski definition) is 1. The molecule has 0 aliphatic heterocycles. The van der Waals surface area contributed by atoms with Crippen LogP contribution in [0.15, 0.2) is 54.7 Å². The van der Waals surface area contributed by atoms with E-state index in [4.69, 9.17) is 4.74 Å². The maximum atomic E-state index is 11.0. The van der Waals surface area contributed by atoms with Gasteiger partial charge in [0.05, 0.1) is 0 Å². The minimum Gasteiger partial charge on any atom is -0.427 e. The fourth-order valence-corrected chi connectivity index (χ4v) is 2.20. The predicted octanol–water partition coefficient (Wildman–Crippen LogP) is 3.76. The number of aromatic nitrogens is 1. The van der Waals surface area contributed by atoms with Gasteiger partial charge in [-0.05, 0) is 23.8 Å². The van der Waals surface area contributed by atoms with Crippen LogP contribution in [0.25, 0.3) is 22.0 Å². The molecular weight excluding hydrogens is 238 g/mol. The number of ether oxygens (including phenoxy) is 1. The zero-order valence-electron chi connectivity index (χ0n) is 10.5. The van der Waals surface area contributed by atoms with Gasteiger partial charge < -0.3 is 9.72 Å². The average Bonchev–Trinajstić information content (AvgIpc) is 2.82. The number of para-hydroxylation sites is 1. The topological polar surface area (TPSA) is 42.1 Å². The van der Waals surface area contributed by atoms with Crippen LogP contribution in [-0.4, -0.2) is 11.0 Å². The molecule has 0 saturated heterocycles. The molecule has 2 aromatic carbocycles. The smallest absolute Gasteiger partial charge is 0.308 e. The fourth-order valence-electron chi connectivity index (χ4n) is 2.20. The quantitative estimate of drug-likeness (QED) is 0.556. The van der Waals surface area contributed by atoms with Crippen molar-refractivity contribution in [1.82, 2.24) is 4.98 Å². The maximum absolute atomic E-state index is 11.0. The summed E-state index contributed by atoms with van der Waals surface area (Å²) in [5, 5.41) is 1.16. The standard InChI is InChI=1S/C16H13NO2/c1-11(18)19-13-6-4-5-12(9-13)15-10-17-16-8-3-2-7-14(15)16/h2-10,17H,1H3. The van der Waals surface area contributed by atoms with Crippen molar-refractivity contribution in [1.29, 1.82) is 0 Å². The van der Waals surface area contributed by atoms with Crippen LogP contribution in [0, 0.1) is 0 Å². The fraction of sp³-hybridized carbons (Fsp3) is 0.0625. The van der Waals surface area contributed by atoms with Gasteiger partial charge in [-0.25, -0.2) is 0 Å². The molecule has 1 heterocycles. The number of aromatic amines is 1. The van der Waals surface area contributed by atoms with Crippen LogP contribution in [0.2, 0.25) is 0 Å². The number of H-pyrrole nitrogens is 1. The van der Waals surface area contributed by atoms with E-state index in [1.54, 1.807) is 6.07 Å². The predicted molar refractivity (Wildman–Crippen MR) is 75.0 cm³/mol. The summed E-state index contributed by atoms with van der Waals surface area (Å²) < 4.78 is 5.12. The van der Waals surface area contributed by atoms with Crippen molar-refractivity contribution in [3.05, 3.63) is 54.7 Å². The third-order valence-electron chi connectivity index (χ3n) is 3.00. The molecular formula is C16H13NO2.